The van der Waals surface area contributed by atoms with Crippen molar-refractivity contribution in [3.8, 4) is 0 Å². The molecular formula is C8H11. The van der Waals surface area contributed by atoms with Crippen LogP contribution >= 0.6 is 0 Å². The number of allylic oxidation sites excluding steroid dienone is 4. The molecule has 0 aliphatic heterocycles. The zero-order chi connectivity index (χ0) is 6.15. The summed E-state index contributed by atoms with van der Waals surface area (Å²) in [6.45, 7) is 6.41. The Bertz CT molecular complexity index is 159. The van der Waals surface area contributed by atoms with E-state index in [2.05, 4.69) is 33.3 Å². The minimum Gasteiger partial charge on any atom is -0.0650 e. The van der Waals surface area contributed by atoms with Crippen molar-refractivity contribution in [2.24, 2.45) is 0 Å². The zero-order valence-electron chi connectivity index (χ0n) is 5.65. The van der Waals surface area contributed by atoms with Gasteiger partial charge in [0.2, 0.25) is 0 Å². The van der Waals surface area contributed by atoms with Gasteiger partial charge in [-0.1, -0.05) is 22.8 Å². The Kier molecular flexibility index (Phi) is 1.24. The highest BCUT2D eigenvalue weighted by Gasteiger charge is 2.03. The Morgan fingerprint density at radius 2 is 1.62 bits per heavy atom. The number of hydrogen-bond donors (Lipinski definition) is 0. The highest BCUT2D eigenvalue weighted by Crippen LogP contribution is 2.21. The number of rotatable bonds is 0. The lowest BCUT2D eigenvalue weighted by atomic mass is 10.2. The molecule has 0 aromatic heterocycles. The summed E-state index contributed by atoms with van der Waals surface area (Å²) in [6.07, 6.45) is 4.41. The molecule has 0 nitrogen and oxygen atoms in total. The van der Waals surface area contributed by atoms with E-state index in [0.29, 0.717) is 0 Å². The molecule has 0 heterocycles. The standard InChI is InChI=1S/C8H11/c1-6-4-7(2)8(3)5-6/h4-5H,1-3H3. The second kappa shape index (κ2) is 1.77. The summed E-state index contributed by atoms with van der Waals surface area (Å²) in [4.78, 5) is 0. The smallest absolute Gasteiger partial charge is 0.0113 e. The van der Waals surface area contributed by atoms with E-state index in [4.69, 9.17) is 0 Å². The van der Waals surface area contributed by atoms with Crippen LogP contribution in [0.2, 0.25) is 0 Å². The lowest BCUT2D eigenvalue weighted by Gasteiger charge is -1.89. The van der Waals surface area contributed by atoms with Gasteiger partial charge in [0.1, 0.15) is 0 Å². The van der Waals surface area contributed by atoms with Gasteiger partial charge in [-0.2, -0.15) is 0 Å². The summed E-state index contributed by atoms with van der Waals surface area (Å²) in [5.41, 5.74) is 4.19. The van der Waals surface area contributed by atoms with Crippen LogP contribution in [0.5, 0.6) is 0 Å². The van der Waals surface area contributed by atoms with Gasteiger partial charge in [0.05, 0.1) is 0 Å². The van der Waals surface area contributed by atoms with Crippen LogP contribution in [0.3, 0.4) is 0 Å². The molecule has 8 heavy (non-hydrogen) atoms. The maximum atomic E-state index is 2.20. The van der Waals surface area contributed by atoms with Crippen LogP contribution in [-0.2, 0) is 0 Å². The van der Waals surface area contributed by atoms with E-state index in [0.717, 1.165) is 0 Å². The molecule has 0 saturated heterocycles. The van der Waals surface area contributed by atoms with Gasteiger partial charge in [-0.05, 0) is 20.8 Å². The minimum atomic E-state index is 1.38. The molecule has 1 radical (unpaired) electrons. The molecule has 0 aromatic carbocycles. The first kappa shape index (κ1) is 5.61. The van der Waals surface area contributed by atoms with Gasteiger partial charge in [0.15, 0.2) is 0 Å². The lowest BCUT2D eigenvalue weighted by Crippen LogP contribution is -1.71. The summed E-state index contributed by atoms with van der Waals surface area (Å²) in [5.74, 6) is 0. The molecule has 0 amide bonds. The first-order valence-corrected chi connectivity index (χ1v) is 2.90. The molecule has 1 aliphatic rings. The highest BCUT2D eigenvalue weighted by atomic mass is 14.1. The third-order valence-corrected chi connectivity index (χ3v) is 1.51. The monoisotopic (exact) mass is 107 g/mol. The van der Waals surface area contributed by atoms with E-state index in [1.807, 2.05) is 0 Å². The molecule has 1 aliphatic carbocycles. The van der Waals surface area contributed by atoms with E-state index >= 15 is 0 Å². The van der Waals surface area contributed by atoms with Gasteiger partial charge in [0.25, 0.3) is 0 Å². The van der Waals surface area contributed by atoms with Gasteiger partial charge >= 0.3 is 0 Å². The first-order chi connectivity index (χ1) is 3.70. The van der Waals surface area contributed by atoms with E-state index < -0.39 is 0 Å². The molecular weight excluding hydrogens is 96.1 g/mol. The van der Waals surface area contributed by atoms with Crippen molar-refractivity contribution >= 4 is 0 Å². The van der Waals surface area contributed by atoms with Crippen LogP contribution in [0.1, 0.15) is 20.8 Å². The quantitative estimate of drug-likeness (QED) is 0.446. The second-order valence-electron chi connectivity index (χ2n) is 2.40. The van der Waals surface area contributed by atoms with Crippen LogP contribution in [0, 0.1) is 6.42 Å². The van der Waals surface area contributed by atoms with Crippen molar-refractivity contribution in [1.82, 2.24) is 0 Å². The SMILES string of the molecule is CC1=CC(C)=C(C)[CH]1. The molecule has 43 valence electrons. The summed E-state index contributed by atoms with van der Waals surface area (Å²) >= 11 is 0. The third kappa shape index (κ3) is 0.835. The average molecular weight is 107 g/mol. The van der Waals surface area contributed by atoms with Gasteiger partial charge in [-0.3, -0.25) is 0 Å². The van der Waals surface area contributed by atoms with Crippen molar-refractivity contribution in [2.75, 3.05) is 0 Å². The molecule has 1 rings (SSSR count). The molecule has 0 saturated carbocycles. The van der Waals surface area contributed by atoms with E-state index in [1.54, 1.807) is 0 Å². The van der Waals surface area contributed by atoms with E-state index in [9.17, 15) is 0 Å². The molecule has 0 aromatic rings. The maximum Gasteiger partial charge on any atom is 0.0113 e. The largest absolute Gasteiger partial charge is 0.0650 e. The van der Waals surface area contributed by atoms with Gasteiger partial charge in [-0.15, -0.1) is 0 Å². The van der Waals surface area contributed by atoms with E-state index in [1.165, 1.54) is 16.7 Å². The fourth-order valence-electron chi connectivity index (χ4n) is 0.952. The van der Waals surface area contributed by atoms with Crippen molar-refractivity contribution in [3.63, 3.8) is 0 Å². The normalized spacial score (nSPS) is 19.6. The Morgan fingerprint density at radius 1 is 1.00 bits per heavy atom. The summed E-state index contributed by atoms with van der Waals surface area (Å²) in [5, 5.41) is 0. The molecule has 0 atom stereocenters. The number of hydrogen-bond acceptors (Lipinski definition) is 0. The summed E-state index contributed by atoms with van der Waals surface area (Å²) < 4.78 is 0. The van der Waals surface area contributed by atoms with Gasteiger partial charge < -0.3 is 0 Å². The third-order valence-electron chi connectivity index (χ3n) is 1.51. The van der Waals surface area contributed by atoms with Crippen molar-refractivity contribution in [3.05, 3.63) is 29.2 Å². The van der Waals surface area contributed by atoms with Gasteiger partial charge in [0, 0.05) is 6.42 Å². The van der Waals surface area contributed by atoms with Crippen molar-refractivity contribution in [1.29, 1.82) is 0 Å². The van der Waals surface area contributed by atoms with Crippen LogP contribution in [0.25, 0.3) is 0 Å². The first-order valence-electron chi connectivity index (χ1n) is 2.90. The second-order valence-corrected chi connectivity index (χ2v) is 2.40. The minimum absolute atomic E-state index is 1.38. The molecule has 0 fully saturated rings. The van der Waals surface area contributed by atoms with Crippen LogP contribution in [0.4, 0.5) is 0 Å². The van der Waals surface area contributed by atoms with Crippen LogP contribution < -0.4 is 0 Å². The molecule has 0 bridgehead atoms. The topological polar surface area (TPSA) is 0 Å². The Labute approximate surface area is 50.9 Å². The Morgan fingerprint density at radius 3 is 1.75 bits per heavy atom. The molecule has 0 N–H and O–H groups in total. The predicted octanol–water partition coefficient (Wildman–Crippen LogP) is 2.49. The molecule has 0 unspecified atom stereocenters. The highest BCUT2D eigenvalue weighted by molar-refractivity contribution is 5.44. The summed E-state index contributed by atoms with van der Waals surface area (Å²) in [6, 6.07) is 0. The van der Waals surface area contributed by atoms with Crippen LogP contribution in [-0.4, -0.2) is 0 Å². The Balaban J connectivity index is 2.79. The summed E-state index contributed by atoms with van der Waals surface area (Å²) in [7, 11) is 0. The fourth-order valence-corrected chi connectivity index (χ4v) is 0.952. The zero-order valence-corrected chi connectivity index (χ0v) is 5.65. The van der Waals surface area contributed by atoms with Crippen molar-refractivity contribution < 1.29 is 0 Å². The fraction of sp³-hybridized carbons (Fsp3) is 0.375. The average Bonchev–Trinajstić information content (AvgIpc) is 1.85. The lowest BCUT2D eigenvalue weighted by molar-refractivity contribution is 1.35. The van der Waals surface area contributed by atoms with Gasteiger partial charge in [-0.25, -0.2) is 0 Å². The van der Waals surface area contributed by atoms with Crippen molar-refractivity contribution in [2.45, 2.75) is 20.8 Å². The van der Waals surface area contributed by atoms with E-state index in [-0.39, 0.29) is 0 Å². The predicted molar refractivity (Wildman–Crippen MR) is 36.4 cm³/mol. The molecule has 0 heteroatoms. The Hall–Kier alpha value is -0.520. The molecule has 0 spiro atoms. The van der Waals surface area contributed by atoms with Crippen LogP contribution in [0.15, 0.2) is 22.8 Å². The maximum absolute atomic E-state index is 2.20.